The highest BCUT2D eigenvalue weighted by atomic mass is 32.2. The highest BCUT2D eigenvalue weighted by Gasteiger charge is 2.60. The number of fused-ring (bicyclic) bond motifs is 1. The van der Waals surface area contributed by atoms with Crippen LogP contribution in [0.15, 0.2) is 22.8 Å². The predicted octanol–water partition coefficient (Wildman–Crippen LogP) is -0.922. The first-order valence-electron chi connectivity index (χ1n) is 7.77. The number of rotatable bonds is 6. The molecule has 0 aromatic carbocycles. The molecule has 2 N–H and O–H groups in total. The zero-order chi connectivity index (χ0) is 19.1. The highest BCUT2D eigenvalue weighted by molar-refractivity contribution is 7.84. The summed E-state index contributed by atoms with van der Waals surface area (Å²) in [5, 5.41) is 0. The Kier molecular flexibility index (Phi) is 4.73. The largest absolute Gasteiger partial charge is 0.467 e. The molecule has 0 aliphatic carbocycles. The van der Waals surface area contributed by atoms with Gasteiger partial charge in [-0.1, -0.05) is 0 Å². The van der Waals surface area contributed by atoms with Crippen LogP contribution in [-0.4, -0.2) is 58.5 Å². The van der Waals surface area contributed by atoms with E-state index in [1.807, 2.05) is 0 Å². The Bertz CT molecular complexity index is 821. The van der Waals surface area contributed by atoms with Gasteiger partial charge in [0.1, 0.15) is 24.3 Å². The Hall–Kier alpha value is -2.44. The topological polar surface area (TPSA) is 146 Å². The predicted molar refractivity (Wildman–Crippen MR) is 83.1 cm³/mol. The summed E-state index contributed by atoms with van der Waals surface area (Å²) >= 11 is 0. The zero-order valence-electron chi connectivity index (χ0n) is 13.7. The molecule has 3 atom stereocenters. The molecule has 12 heteroatoms. The van der Waals surface area contributed by atoms with Gasteiger partial charge in [-0.2, -0.15) is 8.42 Å². The molecule has 2 saturated heterocycles. The van der Waals surface area contributed by atoms with E-state index >= 15 is 0 Å². The molecule has 2 aliphatic heterocycles. The lowest BCUT2D eigenvalue weighted by Crippen LogP contribution is -2.68. The fourth-order valence-corrected chi connectivity index (χ4v) is 3.98. The van der Waals surface area contributed by atoms with E-state index in [0.29, 0.717) is 10.1 Å². The maximum absolute atomic E-state index is 12.5. The van der Waals surface area contributed by atoms with Crippen molar-refractivity contribution in [2.75, 3.05) is 6.54 Å². The molecule has 1 aromatic rings. The molecule has 1 unspecified atom stereocenters. The second-order valence-electron chi connectivity index (χ2n) is 6.00. The minimum atomic E-state index is -4.65. The van der Waals surface area contributed by atoms with Gasteiger partial charge in [-0.05, 0) is 25.5 Å². The number of β-lactam (4-membered cyclic amide) rings is 1. The third kappa shape index (κ3) is 3.18. The van der Waals surface area contributed by atoms with E-state index in [1.165, 1.54) is 13.2 Å². The third-order valence-electron chi connectivity index (χ3n) is 4.40. The van der Waals surface area contributed by atoms with E-state index in [2.05, 4.69) is 5.48 Å². The van der Waals surface area contributed by atoms with Gasteiger partial charge in [0.25, 0.3) is 11.8 Å². The maximum atomic E-state index is 12.5. The molecule has 0 spiro atoms. The summed E-state index contributed by atoms with van der Waals surface area (Å²) in [6.07, 6.45) is 1.65. The number of carbonyl (C=O) groups is 3. The van der Waals surface area contributed by atoms with E-state index in [1.54, 1.807) is 12.1 Å². The Balaban J connectivity index is 1.56. The van der Waals surface area contributed by atoms with E-state index in [9.17, 15) is 22.8 Å². The van der Waals surface area contributed by atoms with Crippen molar-refractivity contribution in [1.82, 2.24) is 14.7 Å². The van der Waals surface area contributed by atoms with Crippen LogP contribution in [0.2, 0.25) is 0 Å². The van der Waals surface area contributed by atoms with Crippen molar-refractivity contribution < 1.29 is 36.6 Å². The number of furan rings is 1. The first kappa shape index (κ1) is 18.4. The van der Waals surface area contributed by atoms with E-state index in [-0.39, 0.29) is 19.6 Å². The Morgan fingerprint density at radius 3 is 2.85 bits per heavy atom. The summed E-state index contributed by atoms with van der Waals surface area (Å²) in [6.45, 7) is 1.44. The summed E-state index contributed by atoms with van der Waals surface area (Å²) in [6, 6.07) is 1.52. The number of amides is 3. The van der Waals surface area contributed by atoms with E-state index < -0.39 is 46.0 Å². The van der Waals surface area contributed by atoms with Gasteiger partial charge in [0, 0.05) is 6.54 Å². The third-order valence-corrected chi connectivity index (χ3v) is 5.35. The standard InChI is InChI=1S/C14H17N3O8S/c1-8(12(18)15-25-7-9-3-2-6-24-9)13(19)16-5-4-10-11(16)14(20)17(10)26(21,22)23/h2-3,6,8,10-11H,4-5,7H2,1H3,(H,15,18)(H,21,22,23)/t8?,10-,11+/m1/s1. The summed E-state index contributed by atoms with van der Waals surface area (Å²) in [5.74, 6) is -2.87. The number of carbonyl (C=O) groups excluding carboxylic acids is 3. The van der Waals surface area contributed by atoms with E-state index in [4.69, 9.17) is 13.8 Å². The molecule has 3 amide bonds. The van der Waals surface area contributed by atoms with Gasteiger partial charge in [-0.15, -0.1) is 0 Å². The van der Waals surface area contributed by atoms with Crippen LogP contribution in [0.4, 0.5) is 0 Å². The Morgan fingerprint density at radius 1 is 1.50 bits per heavy atom. The molecule has 2 aliphatic rings. The van der Waals surface area contributed by atoms with Crippen molar-refractivity contribution in [1.29, 1.82) is 0 Å². The lowest BCUT2D eigenvalue weighted by molar-refractivity contribution is -0.157. The molecule has 26 heavy (non-hydrogen) atoms. The quantitative estimate of drug-likeness (QED) is 0.276. The molecule has 142 valence electrons. The van der Waals surface area contributed by atoms with Crippen molar-refractivity contribution in [3.63, 3.8) is 0 Å². The molecule has 3 rings (SSSR count). The Labute approximate surface area is 148 Å². The first-order chi connectivity index (χ1) is 12.2. The van der Waals surface area contributed by atoms with Crippen LogP contribution in [-0.2, 0) is 36.1 Å². The lowest BCUT2D eigenvalue weighted by Gasteiger charge is -2.42. The molecule has 1 aromatic heterocycles. The van der Waals surface area contributed by atoms with Crippen LogP contribution in [0.1, 0.15) is 19.1 Å². The molecule has 0 saturated carbocycles. The van der Waals surface area contributed by atoms with Crippen molar-refractivity contribution in [2.24, 2.45) is 5.92 Å². The number of hydrogen-bond donors (Lipinski definition) is 2. The number of nitrogens with zero attached hydrogens (tertiary/aromatic N) is 2. The SMILES string of the molecule is CC(C(=O)NOCc1ccco1)C(=O)N1CC[C@@H]2[C@H]1C(=O)N2S(=O)(=O)O. The van der Waals surface area contributed by atoms with Gasteiger partial charge >= 0.3 is 10.3 Å². The van der Waals surface area contributed by atoms with Gasteiger partial charge in [0.05, 0.1) is 12.3 Å². The maximum Gasteiger partial charge on any atom is 0.362 e. The fraction of sp³-hybridized carbons (Fsp3) is 0.500. The minimum Gasteiger partial charge on any atom is -0.467 e. The molecule has 0 radical (unpaired) electrons. The average molecular weight is 387 g/mol. The van der Waals surface area contributed by atoms with Crippen LogP contribution in [0.25, 0.3) is 0 Å². The van der Waals surface area contributed by atoms with Gasteiger partial charge in [0.2, 0.25) is 5.91 Å². The van der Waals surface area contributed by atoms with Gasteiger partial charge in [-0.3, -0.25) is 23.8 Å². The van der Waals surface area contributed by atoms with Crippen molar-refractivity contribution in [2.45, 2.75) is 32.0 Å². The van der Waals surface area contributed by atoms with Crippen molar-refractivity contribution in [3.05, 3.63) is 24.2 Å². The second-order valence-corrected chi connectivity index (χ2v) is 7.29. The van der Waals surface area contributed by atoms with Crippen LogP contribution in [0.5, 0.6) is 0 Å². The lowest BCUT2D eigenvalue weighted by atomic mass is 9.99. The zero-order valence-corrected chi connectivity index (χ0v) is 14.5. The monoisotopic (exact) mass is 387 g/mol. The normalized spacial score (nSPS) is 23.4. The van der Waals surface area contributed by atoms with Crippen LogP contribution in [0, 0.1) is 5.92 Å². The van der Waals surface area contributed by atoms with Crippen LogP contribution in [0.3, 0.4) is 0 Å². The summed E-state index contributed by atoms with van der Waals surface area (Å²) in [4.78, 5) is 42.6. The van der Waals surface area contributed by atoms with Crippen molar-refractivity contribution in [3.8, 4) is 0 Å². The summed E-state index contributed by atoms with van der Waals surface area (Å²) < 4.78 is 36.8. The van der Waals surface area contributed by atoms with E-state index in [0.717, 1.165) is 4.90 Å². The van der Waals surface area contributed by atoms with Crippen molar-refractivity contribution >= 4 is 28.0 Å². The molecule has 2 fully saturated rings. The van der Waals surface area contributed by atoms with Gasteiger partial charge < -0.3 is 9.32 Å². The van der Waals surface area contributed by atoms with Crippen LogP contribution < -0.4 is 5.48 Å². The Morgan fingerprint density at radius 2 is 2.23 bits per heavy atom. The fourth-order valence-electron chi connectivity index (χ4n) is 3.09. The number of nitrogens with one attached hydrogen (secondary N) is 1. The summed E-state index contributed by atoms with van der Waals surface area (Å²) in [5.41, 5.74) is 2.14. The minimum absolute atomic E-state index is 0.0180. The smallest absolute Gasteiger partial charge is 0.362 e. The average Bonchev–Trinajstić information content (AvgIpc) is 3.19. The molecular weight excluding hydrogens is 370 g/mol. The van der Waals surface area contributed by atoms with Crippen LogP contribution >= 0.6 is 0 Å². The number of hydroxylamine groups is 1. The number of likely N-dealkylation sites (tertiary alicyclic amines) is 1. The molecule has 3 heterocycles. The summed E-state index contributed by atoms with van der Waals surface area (Å²) in [7, 11) is -4.65. The van der Waals surface area contributed by atoms with Gasteiger partial charge in [0.15, 0.2) is 0 Å². The number of hydrogen-bond acceptors (Lipinski definition) is 7. The second kappa shape index (κ2) is 6.70. The van der Waals surface area contributed by atoms with Gasteiger partial charge in [-0.25, -0.2) is 9.79 Å². The molecule has 11 nitrogen and oxygen atoms in total. The highest BCUT2D eigenvalue weighted by Crippen LogP contribution is 2.36. The first-order valence-corrected chi connectivity index (χ1v) is 9.16. The molecule has 0 bridgehead atoms. The molecular formula is C14H17N3O8S.